The van der Waals surface area contributed by atoms with E-state index in [9.17, 15) is 14.5 Å². The van der Waals surface area contributed by atoms with Crippen molar-refractivity contribution in [2.75, 3.05) is 24.5 Å². The quantitative estimate of drug-likeness (QED) is 0.643. The number of rotatable bonds is 6. The molecule has 0 spiro atoms. The Labute approximate surface area is 117 Å². The van der Waals surface area contributed by atoms with Crippen LogP contribution in [0.5, 0.6) is 0 Å². The van der Waals surface area contributed by atoms with Crippen molar-refractivity contribution in [3.63, 3.8) is 0 Å². The van der Waals surface area contributed by atoms with E-state index in [0.29, 0.717) is 24.8 Å². The maximum absolute atomic E-state index is 13.5. The predicted octanol–water partition coefficient (Wildman–Crippen LogP) is 2.70. The van der Waals surface area contributed by atoms with Crippen LogP contribution >= 0.6 is 0 Å². The number of nitro benzene ring substituents is 1. The predicted molar refractivity (Wildman–Crippen MR) is 76.6 cm³/mol. The summed E-state index contributed by atoms with van der Waals surface area (Å²) in [6.45, 7) is 4.36. The smallest absolute Gasteiger partial charge is 0.292 e. The van der Waals surface area contributed by atoms with Crippen molar-refractivity contribution >= 4 is 11.4 Å². The zero-order valence-electron chi connectivity index (χ0n) is 11.6. The van der Waals surface area contributed by atoms with Crippen LogP contribution in [0.2, 0.25) is 0 Å². The lowest BCUT2D eigenvalue weighted by Crippen LogP contribution is -2.38. The third-order valence-electron chi connectivity index (χ3n) is 3.57. The molecule has 0 aliphatic carbocycles. The summed E-state index contributed by atoms with van der Waals surface area (Å²) >= 11 is 0. The van der Waals surface area contributed by atoms with Gasteiger partial charge in [0.1, 0.15) is 11.5 Å². The van der Waals surface area contributed by atoms with Crippen molar-refractivity contribution in [3.05, 3.63) is 34.1 Å². The highest BCUT2D eigenvalue weighted by Crippen LogP contribution is 2.29. The van der Waals surface area contributed by atoms with E-state index >= 15 is 0 Å². The van der Waals surface area contributed by atoms with E-state index in [1.165, 1.54) is 12.1 Å². The second kappa shape index (κ2) is 6.65. The SMILES string of the molecule is CCCN(CC1CCCN1)c1cc(F)ccc1[N+](=O)[O-]. The molecule has 1 heterocycles. The van der Waals surface area contributed by atoms with Crippen molar-refractivity contribution in [2.45, 2.75) is 32.2 Å². The van der Waals surface area contributed by atoms with E-state index in [1.54, 1.807) is 0 Å². The van der Waals surface area contributed by atoms with Gasteiger partial charge in [-0.25, -0.2) is 4.39 Å². The van der Waals surface area contributed by atoms with Crippen LogP contribution in [0.1, 0.15) is 26.2 Å². The highest BCUT2D eigenvalue weighted by Gasteiger charge is 2.23. The van der Waals surface area contributed by atoms with E-state index in [4.69, 9.17) is 0 Å². The van der Waals surface area contributed by atoms with Gasteiger partial charge in [-0.2, -0.15) is 0 Å². The van der Waals surface area contributed by atoms with E-state index in [1.807, 2.05) is 11.8 Å². The minimum atomic E-state index is -0.445. The van der Waals surface area contributed by atoms with Gasteiger partial charge in [-0.15, -0.1) is 0 Å². The first-order valence-corrected chi connectivity index (χ1v) is 7.04. The molecule has 1 aromatic carbocycles. The Kier molecular flexibility index (Phi) is 4.89. The summed E-state index contributed by atoms with van der Waals surface area (Å²) < 4.78 is 13.5. The molecule has 0 saturated carbocycles. The molecule has 1 aromatic rings. The molecule has 0 amide bonds. The lowest BCUT2D eigenvalue weighted by molar-refractivity contribution is -0.384. The molecule has 1 aliphatic rings. The summed E-state index contributed by atoms with van der Waals surface area (Å²) in [6.07, 6.45) is 3.04. The monoisotopic (exact) mass is 281 g/mol. The number of nitrogens with zero attached hydrogens (tertiary/aromatic N) is 2. The second-order valence-electron chi connectivity index (χ2n) is 5.13. The van der Waals surface area contributed by atoms with Gasteiger partial charge in [-0.05, 0) is 31.9 Å². The van der Waals surface area contributed by atoms with E-state index in [2.05, 4.69) is 5.32 Å². The molecule has 1 N–H and O–H groups in total. The van der Waals surface area contributed by atoms with Crippen LogP contribution in [-0.2, 0) is 0 Å². The average Bonchev–Trinajstić information content (AvgIpc) is 2.90. The van der Waals surface area contributed by atoms with Crippen molar-refractivity contribution in [3.8, 4) is 0 Å². The largest absolute Gasteiger partial charge is 0.364 e. The van der Waals surface area contributed by atoms with Gasteiger partial charge in [0.05, 0.1) is 4.92 Å². The van der Waals surface area contributed by atoms with E-state index in [-0.39, 0.29) is 5.69 Å². The standard InChI is InChI=1S/C14H20FN3O2/c1-2-8-17(10-12-4-3-7-16-12)14-9-11(15)5-6-13(14)18(19)20/h5-6,9,12,16H,2-4,7-8,10H2,1H3. The zero-order valence-corrected chi connectivity index (χ0v) is 11.6. The number of hydrogen-bond donors (Lipinski definition) is 1. The molecule has 2 rings (SSSR count). The van der Waals surface area contributed by atoms with E-state index in [0.717, 1.165) is 31.9 Å². The molecule has 6 heteroatoms. The average molecular weight is 281 g/mol. The topological polar surface area (TPSA) is 58.4 Å². The van der Waals surface area contributed by atoms with Gasteiger partial charge in [-0.3, -0.25) is 10.1 Å². The highest BCUT2D eigenvalue weighted by atomic mass is 19.1. The fourth-order valence-corrected chi connectivity index (χ4v) is 2.66. The molecule has 1 atom stereocenters. The summed E-state index contributed by atoms with van der Waals surface area (Å²) in [5, 5.41) is 14.5. The molecule has 1 aliphatic heterocycles. The van der Waals surface area contributed by atoms with Crippen LogP contribution in [-0.4, -0.2) is 30.6 Å². The Bertz CT molecular complexity index is 475. The summed E-state index contributed by atoms with van der Waals surface area (Å²) in [5.74, 6) is -0.439. The lowest BCUT2D eigenvalue weighted by atomic mass is 10.1. The first-order valence-electron chi connectivity index (χ1n) is 7.04. The van der Waals surface area contributed by atoms with Gasteiger partial charge in [0.15, 0.2) is 0 Å². The molecular weight excluding hydrogens is 261 g/mol. The van der Waals surface area contributed by atoms with Gasteiger partial charge in [-0.1, -0.05) is 6.92 Å². The number of hydrogen-bond acceptors (Lipinski definition) is 4. The normalized spacial score (nSPS) is 18.2. The Morgan fingerprint density at radius 2 is 2.35 bits per heavy atom. The van der Waals surface area contributed by atoms with Crippen molar-refractivity contribution in [1.29, 1.82) is 0 Å². The Balaban J connectivity index is 2.26. The summed E-state index contributed by atoms with van der Waals surface area (Å²) in [7, 11) is 0. The lowest BCUT2D eigenvalue weighted by Gasteiger charge is -2.27. The van der Waals surface area contributed by atoms with Crippen molar-refractivity contribution < 1.29 is 9.31 Å². The summed E-state index contributed by atoms with van der Waals surface area (Å²) in [6, 6.07) is 3.97. The van der Waals surface area contributed by atoms with Gasteiger partial charge >= 0.3 is 0 Å². The van der Waals surface area contributed by atoms with Crippen LogP contribution in [0, 0.1) is 15.9 Å². The minimum Gasteiger partial charge on any atom is -0.364 e. The molecule has 110 valence electrons. The number of nitro groups is 1. The molecule has 1 fully saturated rings. The van der Waals surface area contributed by atoms with Crippen LogP contribution in [0.3, 0.4) is 0 Å². The third-order valence-corrected chi connectivity index (χ3v) is 3.57. The molecule has 1 saturated heterocycles. The fourth-order valence-electron chi connectivity index (χ4n) is 2.66. The van der Waals surface area contributed by atoms with Gasteiger partial charge in [0.2, 0.25) is 0 Å². The first-order chi connectivity index (χ1) is 9.61. The van der Waals surface area contributed by atoms with Crippen LogP contribution in [0.15, 0.2) is 18.2 Å². The summed E-state index contributed by atoms with van der Waals surface area (Å²) in [4.78, 5) is 12.6. The number of nitrogens with one attached hydrogen (secondary N) is 1. The van der Waals surface area contributed by atoms with Gasteiger partial charge in [0, 0.05) is 31.3 Å². The molecule has 5 nitrogen and oxygen atoms in total. The molecular formula is C14H20FN3O2. The summed E-state index contributed by atoms with van der Waals surface area (Å²) in [5.41, 5.74) is 0.350. The molecule has 0 bridgehead atoms. The third kappa shape index (κ3) is 3.45. The van der Waals surface area contributed by atoms with Crippen LogP contribution in [0.25, 0.3) is 0 Å². The van der Waals surface area contributed by atoms with Gasteiger partial charge in [0.25, 0.3) is 5.69 Å². The molecule has 0 aromatic heterocycles. The Morgan fingerprint density at radius 3 is 2.95 bits per heavy atom. The number of benzene rings is 1. The molecule has 1 unspecified atom stereocenters. The Morgan fingerprint density at radius 1 is 1.55 bits per heavy atom. The van der Waals surface area contributed by atoms with Crippen LogP contribution in [0.4, 0.5) is 15.8 Å². The molecule has 0 radical (unpaired) electrons. The first kappa shape index (κ1) is 14.7. The van der Waals surface area contributed by atoms with Gasteiger partial charge < -0.3 is 10.2 Å². The maximum atomic E-state index is 13.5. The van der Waals surface area contributed by atoms with Crippen molar-refractivity contribution in [1.82, 2.24) is 5.32 Å². The molecule has 20 heavy (non-hydrogen) atoms. The minimum absolute atomic E-state index is 0.0298. The zero-order chi connectivity index (χ0) is 14.5. The van der Waals surface area contributed by atoms with Crippen LogP contribution < -0.4 is 10.2 Å². The Hall–Kier alpha value is -1.69. The number of anilines is 1. The number of halogens is 1. The maximum Gasteiger partial charge on any atom is 0.292 e. The highest BCUT2D eigenvalue weighted by molar-refractivity contribution is 5.63. The van der Waals surface area contributed by atoms with Crippen molar-refractivity contribution in [2.24, 2.45) is 0 Å². The van der Waals surface area contributed by atoms with E-state index < -0.39 is 10.7 Å². The fraction of sp³-hybridized carbons (Fsp3) is 0.571. The second-order valence-corrected chi connectivity index (χ2v) is 5.13.